The lowest BCUT2D eigenvalue weighted by atomic mass is 10.00. The quantitative estimate of drug-likeness (QED) is 0.692. The number of aromatic nitrogens is 1. The number of benzene rings is 1. The first-order valence-electron chi connectivity index (χ1n) is 8.60. The zero-order chi connectivity index (χ0) is 19.6. The number of carboxylic acid groups (broad SMARTS) is 2. The molecule has 0 amide bonds. The van der Waals surface area contributed by atoms with Crippen molar-refractivity contribution < 1.29 is 29.0 Å². The number of aryl methyl sites for hydroxylation is 1. The number of hydrogen-bond acceptors (Lipinski definition) is 4. The second-order valence-electron chi connectivity index (χ2n) is 6.36. The van der Waals surface area contributed by atoms with Crippen molar-refractivity contribution in [2.24, 2.45) is 0 Å². The second kappa shape index (κ2) is 7.71. The van der Waals surface area contributed by atoms with Crippen LogP contribution in [0.1, 0.15) is 28.0 Å². The molecule has 0 radical (unpaired) electrons. The van der Waals surface area contributed by atoms with Gasteiger partial charge in [0.1, 0.15) is 5.82 Å². The fraction of sp³-hybridized carbons (Fsp3) is 0.316. The minimum Gasteiger partial charge on any atom is -0.478 e. The highest BCUT2D eigenvalue weighted by Gasteiger charge is 2.27. The topological polar surface area (TPSA) is 109 Å². The summed E-state index contributed by atoms with van der Waals surface area (Å²) in [4.78, 5) is 31.1. The van der Waals surface area contributed by atoms with E-state index in [9.17, 15) is 18.8 Å². The summed E-state index contributed by atoms with van der Waals surface area (Å²) >= 11 is 0. The van der Waals surface area contributed by atoms with E-state index in [-0.39, 0.29) is 11.6 Å². The molecule has 2 aliphatic rings. The zero-order valence-corrected chi connectivity index (χ0v) is 14.5. The number of Topliss-reactive ketones (excluding diaryl/α,β-unsaturated/α-hetero) is 1. The van der Waals surface area contributed by atoms with Gasteiger partial charge in [-0.15, -0.1) is 0 Å². The van der Waals surface area contributed by atoms with Crippen LogP contribution in [0.3, 0.4) is 0 Å². The van der Waals surface area contributed by atoms with Crippen LogP contribution in [0, 0.1) is 5.82 Å². The van der Waals surface area contributed by atoms with E-state index in [4.69, 9.17) is 10.2 Å². The minimum atomic E-state index is -1.26. The van der Waals surface area contributed by atoms with Gasteiger partial charge in [0.15, 0.2) is 5.78 Å². The summed E-state index contributed by atoms with van der Waals surface area (Å²) < 4.78 is 16.0. The number of carbonyl (C=O) groups is 3. The number of halogens is 1. The van der Waals surface area contributed by atoms with Crippen molar-refractivity contribution in [2.75, 3.05) is 13.1 Å². The van der Waals surface area contributed by atoms with Gasteiger partial charge >= 0.3 is 11.9 Å². The molecule has 0 spiro atoms. The summed E-state index contributed by atoms with van der Waals surface area (Å²) in [6.45, 7) is 2.62. The van der Waals surface area contributed by atoms with E-state index in [0.29, 0.717) is 24.1 Å². The first-order chi connectivity index (χ1) is 12.9. The normalized spacial score (nSPS) is 15.8. The molecule has 0 aliphatic carbocycles. The van der Waals surface area contributed by atoms with Crippen LogP contribution in [0.25, 0.3) is 10.9 Å². The smallest absolute Gasteiger partial charge is 0.328 e. The van der Waals surface area contributed by atoms with E-state index in [2.05, 4.69) is 9.88 Å². The van der Waals surface area contributed by atoms with Gasteiger partial charge < -0.3 is 20.1 Å². The second-order valence-corrected chi connectivity index (χ2v) is 6.36. The standard InChI is InChI=1S/C15H15FN2O.C4H4O4/c16-9-7-11-10-1-4-17-5-2-13(10)18-6-3-14(19)12(8-9)15(11)18;5-3(6)1-2-4(7)8/h7-8,17H,1-6H2;1-2H,(H,5,6)(H,7,8). The molecule has 1 aromatic heterocycles. The summed E-state index contributed by atoms with van der Waals surface area (Å²) in [5.41, 5.74) is 4.06. The number of rotatable bonds is 2. The van der Waals surface area contributed by atoms with Crippen LogP contribution in [0.5, 0.6) is 0 Å². The third kappa shape index (κ3) is 3.90. The fourth-order valence-electron chi connectivity index (χ4n) is 3.63. The molecule has 0 bridgehead atoms. The zero-order valence-electron chi connectivity index (χ0n) is 14.5. The molecule has 2 aliphatic heterocycles. The lowest BCUT2D eigenvalue weighted by molar-refractivity contribution is -0.134. The van der Waals surface area contributed by atoms with E-state index in [1.54, 1.807) is 6.07 Å². The number of hydrogen-bond donors (Lipinski definition) is 3. The Kier molecular flexibility index (Phi) is 5.36. The number of aliphatic carboxylic acids is 2. The summed E-state index contributed by atoms with van der Waals surface area (Å²) in [5.74, 6) is -2.74. The largest absolute Gasteiger partial charge is 0.478 e. The van der Waals surface area contributed by atoms with Gasteiger partial charge in [0.25, 0.3) is 0 Å². The van der Waals surface area contributed by atoms with Gasteiger partial charge in [-0.25, -0.2) is 14.0 Å². The minimum absolute atomic E-state index is 0.0720. The predicted molar refractivity (Wildman–Crippen MR) is 95.5 cm³/mol. The fourth-order valence-corrected chi connectivity index (χ4v) is 3.63. The molecule has 7 nitrogen and oxygen atoms in total. The Labute approximate surface area is 154 Å². The Bertz CT molecular complexity index is 945. The number of carboxylic acids is 2. The lowest BCUT2D eigenvalue weighted by Gasteiger charge is -2.17. The van der Waals surface area contributed by atoms with E-state index in [1.807, 2.05) is 0 Å². The molecular weight excluding hydrogens is 355 g/mol. The Morgan fingerprint density at radius 3 is 2.41 bits per heavy atom. The van der Waals surface area contributed by atoms with E-state index >= 15 is 0 Å². The van der Waals surface area contributed by atoms with Crippen molar-refractivity contribution in [1.82, 2.24) is 9.88 Å². The van der Waals surface area contributed by atoms with Gasteiger partial charge in [-0.2, -0.15) is 0 Å². The first kappa shape index (κ1) is 18.8. The van der Waals surface area contributed by atoms with Crippen LogP contribution in [-0.4, -0.2) is 45.6 Å². The average molecular weight is 374 g/mol. The SMILES string of the molecule is O=C(O)C=CC(=O)O.O=C1CCn2c3c(c4cc(F)cc1c42)CCNCC3. The van der Waals surface area contributed by atoms with Crippen LogP contribution in [0.2, 0.25) is 0 Å². The van der Waals surface area contributed by atoms with Gasteiger partial charge in [-0.3, -0.25) is 4.79 Å². The number of ketones is 1. The van der Waals surface area contributed by atoms with E-state index < -0.39 is 11.9 Å². The Morgan fingerprint density at radius 2 is 1.74 bits per heavy atom. The highest BCUT2D eigenvalue weighted by Crippen LogP contribution is 2.34. The van der Waals surface area contributed by atoms with Gasteiger partial charge in [0.2, 0.25) is 0 Å². The highest BCUT2D eigenvalue weighted by atomic mass is 19.1. The molecule has 3 N–H and O–H groups in total. The molecule has 0 saturated carbocycles. The molecule has 27 heavy (non-hydrogen) atoms. The van der Waals surface area contributed by atoms with E-state index in [1.165, 1.54) is 17.3 Å². The van der Waals surface area contributed by atoms with Crippen molar-refractivity contribution in [3.05, 3.63) is 46.9 Å². The molecule has 0 fully saturated rings. The monoisotopic (exact) mass is 374 g/mol. The van der Waals surface area contributed by atoms with Crippen LogP contribution in [0.4, 0.5) is 4.39 Å². The molecule has 4 rings (SSSR count). The first-order valence-corrected chi connectivity index (χ1v) is 8.60. The van der Waals surface area contributed by atoms with Crippen LogP contribution in [-0.2, 0) is 29.0 Å². The molecule has 0 unspecified atom stereocenters. The van der Waals surface area contributed by atoms with Crippen molar-refractivity contribution in [3.8, 4) is 0 Å². The predicted octanol–water partition coefficient (Wildman–Crippen LogP) is 1.77. The maximum Gasteiger partial charge on any atom is 0.328 e. The van der Waals surface area contributed by atoms with Crippen molar-refractivity contribution in [2.45, 2.75) is 25.8 Å². The van der Waals surface area contributed by atoms with Crippen LogP contribution >= 0.6 is 0 Å². The number of nitrogens with one attached hydrogen (secondary N) is 1. The van der Waals surface area contributed by atoms with Crippen molar-refractivity contribution in [1.29, 1.82) is 0 Å². The maximum absolute atomic E-state index is 13.8. The number of nitrogens with zero attached hydrogens (tertiary/aromatic N) is 1. The summed E-state index contributed by atoms with van der Waals surface area (Å²) in [6.07, 6.45) is 3.47. The van der Waals surface area contributed by atoms with Gasteiger partial charge in [-0.05, 0) is 30.7 Å². The van der Waals surface area contributed by atoms with Gasteiger partial charge in [0, 0.05) is 54.7 Å². The average Bonchev–Trinajstić information content (AvgIpc) is 2.77. The maximum atomic E-state index is 13.8. The Hall–Kier alpha value is -3.00. The Balaban J connectivity index is 0.000000226. The molecule has 3 heterocycles. The molecule has 142 valence electrons. The van der Waals surface area contributed by atoms with Gasteiger partial charge in [-0.1, -0.05) is 0 Å². The lowest BCUT2D eigenvalue weighted by Crippen LogP contribution is -2.19. The number of carbonyl (C=O) groups excluding carboxylic acids is 1. The third-order valence-corrected chi connectivity index (χ3v) is 4.67. The molecule has 8 heteroatoms. The van der Waals surface area contributed by atoms with Crippen LogP contribution < -0.4 is 5.32 Å². The van der Waals surface area contributed by atoms with Crippen molar-refractivity contribution in [3.63, 3.8) is 0 Å². The molecular formula is C19H19FN2O5. The molecule has 1 aromatic carbocycles. The third-order valence-electron chi connectivity index (χ3n) is 4.67. The molecule has 2 aromatic rings. The highest BCUT2D eigenvalue weighted by molar-refractivity contribution is 6.09. The summed E-state index contributed by atoms with van der Waals surface area (Å²) in [6, 6.07) is 3.00. The molecule has 0 saturated heterocycles. The molecule has 0 atom stereocenters. The van der Waals surface area contributed by atoms with Crippen molar-refractivity contribution >= 4 is 28.6 Å². The summed E-state index contributed by atoms with van der Waals surface area (Å²) in [5, 5.41) is 19.9. The summed E-state index contributed by atoms with van der Waals surface area (Å²) in [7, 11) is 0. The van der Waals surface area contributed by atoms with E-state index in [0.717, 1.165) is 43.4 Å². The number of fused-ring (bicyclic) bond motifs is 3. The Morgan fingerprint density at radius 1 is 1.07 bits per heavy atom. The van der Waals surface area contributed by atoms with Gasteiger partial charge in [0.05, 0.1) is 5.52 Å². The van der Waals surface area contributed by atoms with Crippen LogP contribution in [0.15, 0.2) is 24.3 Å².